The zero-order chi connectivity index (χ0) is 17.6. The van der Waals surface area contributed by atoms with Gasteiger partial charge in [0.2, 0.25) is 0 Å². The summed E-state index contributed by atoms with van der Waals surface area (Å²) < 4.78 is 1.88. The van der Waals surface area contributed by atoms with Gasteiger partial charge in [0.1, 0.15) is 0 Å². The minimum absolute atomic E-state index is 0.148. The number of aryl methyl sites for hydroxylation is 1. The van der Waals surface area contributed by atoms with E-state index >= 15 is 0 Å². The molecule has 0 unspecified atom stereocenters. The van der Waals surface area contributed by atoms with Crippen LogP contribution in [-0.2, 0) is 13.1 Å². The second kappa shape index (κ2) is 8.43. The van der Waals surface area contributed by atoms with Gasteiger partial charge in [-0.15, -0.1) is 0 Å². The number of nitrogens with zero attached hydrogens (tertiary/aromatic N) is 4. The van der Waals surface area contributed by atoms with Gasteiger partial charge in [-0.3, -0.25) is 9.69 Å². The Balaban J connectivity index is 1.50. The molecule has 1 aromatic heterocycles. The fourth-order valence-electron chi connectivity index (χ4n) is 3.26. The predicted molar refractivity (Wildman–Crippen MR) is 101 cm³/mol. The molecule has 25 heavy (non-hydrogen) atoms. The molecule has 0 aliphatic carbocycles. The summed E-state index contributed by atoms with van der Waals surface area (Å²) in [6.07, 6.45) is 1.15. The molecular weight excluding hydrogens is 332 g/mol. The fourth-order valence-corrected chi connectivity index (χ4v) is 4.03. The van der Waals surface area contributed by atoms with E-state index in [0.717, 1.165) is 57.9 Å². The molecule has 3 rings (SSSR count). The summed E-state index contributed by atoms with van der Waals surface area (Å²) in [4.78, 5) is 16.9. The van der Waals surface area contributed by atoms with Crippen LogP contribution in [0.1, 0.15) is 23.2 Å². The Morgan fingerprint density at radius 1 is 1.08 bits per heavy atom. The molecule has 6 heteroatoms. The summed E-state index contributed by atoms with van der Waals surface area (Å²) in [6.45, 7) is 8.90. The predicted octanol–water partition coefficient (Wildman–Crippen LogP) is 2.30. The monoisotopic (exact) mass is 356 g/mol. The maximum atomic E-state index is 11.8. The van der Waals surface area contributed by atoms with Gasteiger partial charge in [0.05, 0.1) is 11.6 Å². The topological polar surface area (TPSA) is 52.3 Å². The average Bonchev–Trinajstić information content (AvgIpc) is 2.82. The van der Waals surface area contributed by atoms with Gasteiger partial charge >= 0.3 is 4.87 Å². The summed E-state index contributed by atoms with van der Waals surface area (Å²) in [6, 6.07) is 10.0. The van der Waals surface area contributed by atoms with Crippen molar-refractivity contribution < 1.29 is 0 Å². The van der Waals surface area contributed by atoms with Crippen LogP contribution in [-0.4, -0.2) is 47.1 Å². The minimum atomic E-state index is 0.148. The number of hydrogen-bond donors (Lipinski definition) is 0. The Morgan fingerprint density at radius 3 is 2.48 bits per heavy atom. The summed E-state index contributed by atoms with van der Waals surface area (Å²) >= 11 is 1.29. The van der Waals surface area contributed by atoms with Crippen LogP contribution in [0.2, 0.25) is 0 Å². The number of nitriles is 1. The average molecular weight is 356 g/mol. The highest BCUT2D eigenvalue weighted by molar-refractivity contribution is 7.07. The van der Waals surface area contributed by atoms with Crippen LogP contribution >= 0.6 is 11.3 Å². The van der Waals surface area contributed by atoms with Crippen LogP contribution in [0.5, 0.6) is 0 Å². The van der Waals surface area contributed by atoms with Gasteiger partial charge < -0.3 is 9.47 Å². The molecule has 0 N–H and O–H groups in total. The molecule has 1 aliphatic rings. The highest BCUT2D eigenvalue weighted by atomic mass is 32.1. The summed E-state index contributed by atoms with van der Waals surface area (Å²) in [5, 5.41) is 10.8. The highest BCUT2D eigenvalue weighted by Crippen LogP contribution is 2.10. The number of rotatable bonds is 5. The Morgan fingerprint density at radius 2 is 1.80 bits per heavy atom. The van der Waals surface area contributed by atoms with E-state index in [2.05, 4.69) is 15.9 Å². The Labute approximate surface area is 152 Å². The van der Waals surface area contributed by atoms with Crippen molar-refractivity contribution in [1.82, 2.24) is 14.4 Å². The van der Waals surface area contributed by atoms with Crippen molar-refractivity contribution in [1.29, 1.82) is 5.26 Å². The number of hydrogen-bond acceptors (Lipinski definition) is 5. The zero-order valence-electron chi connectivity index (χ0n) is 14.6. The molecule has 1 fully saturated rings. The van der Waals surface area contributed by atoms with Crippen molar-refractivity contribution in [2.75, 3.05) is 32.7 Å². The lowest BCUT2D eigenvalue weighted by atomic mass is 10.1. The van der Waals surface area contributed by atoms with E-state index in [0.29, 0.717) is 5.56 Å². The minimum Gasteiger partial charge on any atom is -0.302 e. The van der Waals surface area contributed by atoms with E-state index in [1.165, 1.54) is 16.9 Å². The van der Waals surface area contributed by atoms with Crippen molar-refractivity contribution in [3.05, 3.63) is 56.1 Å². The largest absolute Gasteiger partial charge is 0.307 e. The summed E-state index contributed by atoms with van der Waals surface area (Å²) in [7, 11) is 0. The first-order chi connectivity index (χ1) is 12.2. The van der Waals surface area contributed by atoms with Gasteiger partial charge in [-0.2, -0.15) is 5.26 Å². The van der Waals surface area contributed by atoms with Crippen molar-refractivity contribution in [3.8, 4) is 6.07 Å². The van der Waals surface area contributed by atoms with Crippen molar-refractivity contribution in [2.24, 2.45) is 0 Å². The standard InChI is InChI=1S/C19H24N4OS/c1-16-15-25-19(24)23(16)12-11-21-7-2-8-22(10-9-21)14-18-5-3-17(13-20)4-6-18/h3-6,15H,2,7-12,14H2,1H3. The second-order valence-electron chi connectivity index (χ2n) is 6.57. The van der Waals surface area contributed by atoms with Gasteiger partial charge in [0.25, 0.3) is 0 Å². The van der Waals surface area contributed by atoms with Gasteiger partial charge in [0.15, 0.2) is 0 Å². The van der Waals surface area contributed by atoms with Crippen LogP contribution in [0.4, 0.5) is 0 Å². The van der Waals surface area contributed by atoms with Crippen LogP contribution < -0.4 is 4.87 Å². The molecule has 0 bridgehead atoms. The molecule has 0 atom stereocenters. The van der Waals surface area contributed by atoms with Crippen LogP contribution in [0.15, 0.2) is 34.4 Å². The molecule has 2 heterocycles. The fraction of sp³-hybridized carbons (Fsp3) is 0.474. The lowest BCUT2D eigenvalue weighted by Crippen LogP contribution is -2.33. The molecular formula is C19H24N4OS. The van der Waals surface area contributed by atoms with Gasteiger partial charge in [0, 0.05) is 43.8 Å². The number of thiazole rings is 1. The van der Waals surface area contributed by atoms with Crippen LogP contribution in [0.25, 0.3) is 0 Å². The first-order valence-electron chi connectivity index (χ1n) is 8.74. The first kappa shape index (κ1) is 17.9. The lowest BCUT2D eigenvalue weighted by molar-refractivity contribution is 0.245. The van der Waals surface area contributed by atoms with E-state index in [1.807, 2.05) is 41.1 Å². The molecule has 1 aliphatic heterocycles. The van der Waals surface area contributed by atoms with Gasteiger partial charge in [-0.25, -0.2) is 0 Å². The SMILES string of the molecule is Cc1csc(=O)n1CCN1CCCN(Cc2ccc(C#N)cc2)CC1. The maximum absolute atomic E-state index is 11.8. The van der Waals surface area contributed by atoms with E-state index in [9.17, 15) is 4.79 Å². The maximum Gasteiger partial charge on any atom is 0.307 e. The third-order valence-electron chi connectivity index (χ3n) is 4.79. The van der Waals surface area contributed by atoms with E-state index in [4.69, 9.17) is 5.26 Å². The molecule has 132 valence electrons. The Kier molecular flexibility index (Phi) is 6.03. The Bertz CT molecular complexity index is 787. The quantitative estimate of drug-likeness (QED) is 0.825. The normalized spacial score (nSPS) is 16.5. The third kappa shape index (κ3) is 4.79. The van der Waals surface area contributed by atoms with Crippen molar-refractivity contribution in [3.63, 3.8) is 0 Å². The smallest absolute Gasteiger partial charge is 0.302 e. The van der Waals surface area contributed by atoms with Gasteiger partial charge in [-0.05, 0) is 44.1 Å². The molecule has 5 nitrogen and oxygen atoms in total. The first-order valence-corrected chi connectivity index (χ1v) is 9.62. The molecule has 2 aromatic rings. The Hall–Kier alpha value is -1.94. The molecule has 1 saturated heterocycles. The van der Waals surface area contributed by atoms with Crippen LogP contribution in [0, 0.1) is 18.3 Å². The van der Waals surface area contributed by atoms with Gasteiger partial charge in [-0.1, -0.05) is 23.5 Å². The molecule has 0 amide bonds. The van der Waals surface area contributed by atoms with E-state index in [1.54, 1.807) is 0 Å². The van der Waals surface area contributed by atoms with Crippen LogP contribution in [0.3, 0.4) is 0 Å². The highest BCUT2D eigenvalue weighted by Gasteiger charge is 2.15. The number of aromatic nitrogens is 1. The van der Waals surface area contributed by atoms with Crippen molar-refractivity contribution in [2.45, 2.75) is 26.4 Å². The number of benzene rings is 1. The van der Waals surface area contributed by atoms with E-state index in [-0.39, 0.29) is 4.87 Å². The van der Waals surface area contributed by atoms with Crippen molar-refractivity contribution >= 4 is 11.3 Å². The molecule has 1 aromatic carbocycles. The third-order valence-corrected chi connectivity index (χ3v) is 5.67. The molecule has 0 radical (unpaired) electrons. The zero-order valence-corrected chi connectivity index (χ0v) is 15.5. The second-order valence-corrected chi connectivity index (χ2v) is 7.40. The van der Waals surface area contributed by atoms with E-state index < -0.39 is 0 Å². The lowest BCUT2D eigenvalue weighted by Gasteiger charge is -2.22. The molecule has 0 spiro atoms. The summed E-state index contributed by atoms with van der Waals surface area (Å²) in [5.41, 5.74) is 3.03. The molecule has 0 saturated carbocycles. The summed E-state index contributed by atoms with van der Waals surface area (Å²) in [5.74, 6) is 0.